The van der Waals surface area contributed by atoms with E-state index in [2.05, 4.69) is 0 Å². The summed E-state index contributed by atoms with van der Waals surface area (Å²) >= 11 is 0. The van der Waals surface area contributed by atoms with Crippen LogP contribution in [0, 0.1) is 0 Å². The van der Waals surface area contributed by atoms with Crippen molar-refractivity contribution >= 4 is 9.76 Å². The van der Waals surface area contributed by atoms with Crippen molar-refractivity contribution in [2.24, 2.45) is 0 Å². The zero-order valence-corrected chi connectivity index (χ0v) is 11.0. The Bertz CT molecular complexity index is 487. The fraction of sp³-hybridized carbons (Fsp3) is 0.143. The minimum absolute atomic E-state index is 0.0642. The first-order chi connectivity index (χ1) is 8.81. The average Bonchev–Trinajstić information content (AvgIpc) is 2.46. The second-order valence-corrected chi connectivity index (χ2v) is 4.67. The molecule has 92 valence electrons. The zero-order chi connectivity index (χ0) is 12.8. The van der Waals surface area contributed by atoms with E-state index in [0.29, 0.717) is 11.5 Å². The van der Waals surface area contributed by atoms with Crippen molar-refractivity contribution in [1.29, 1.82) is 0 Å². The van der Waals surface area contributed by atoms with Crippen molar-refractivity contribution < 1.29 is 14.3 Å². The first-order valence-electron chi connectivity index (χ1n) is 5.59. The van der Waals surface area contributed by atoms with Crippen LogP contribution < -0.4 is 9.16 Å². The molecule has 0 saturated heterocycles. The highest BCUT2D eigenvalue weighted by Gasteiger charge is 2.12. The fourth-order valence-corrected chi connectivity index (χ4v) is 2.26. The molecule has 3 nitrogen and oxygen atoms in total. The maximum atomic E-state index is 9.99. The molecule has 2 aromatic rings. The van der Waals surface area contributed by atoms with Crippen LogP contribution in [0.15, 0.2) is 54.6 Å². The number of rotatable bonds is 5. The summed E-state index contributed by atoms with van der Waals surface area (Å²) in [5, 5.41) is 9.99. The monoisotopic (exact) mass is 258 g/mol. The molecule has 2 rings (SSSR count). The summed E-state index contributed by atoms with van der Waals surface area (Å²) < 4.78 is 10.8. The Morgan fingerprint density at radius 1 is 0.944 bits per heavy atom. The van der Waals surface area contributed by atoms with Crippen LogP contribution in [0.2, 0.25) is 0 Å². The maximum Gasteiger partial charge on any atom is 0.347 e. The number of hydrogen-bond acceptors (Lipinski definition) is 3. The predicted octanol–water partition coefficient (Wildman–Crippen LogP) is 2.38. The molecular weight excluding hydrogens is 244 g/mol. The summed E-state index contributed by atoms with van der Waals surface area (Å²) in [6, 6.07) is 16.9. The third-order valence-corrected chi connectivity index (χ3v) is 3.36. The molecule has 2 aromatic carbocycles. The summed E-state index contributed by atoms with van der Waals surface area (Å²) in [4.78, 5) is 0. The molecule has 0 aliphatic carbocycles. The van der Waals surface area contributed by atoms with E-state index in [1.807, 2.05) is 54.6 Å². The molecule has 2 radical (unpaired) electrons. The minimum Gasteiger partial charge on any atom is -0.535 e. The van der Waals surface area contributed by atoms with Gasteiger partial charge in [-0.05, 0) is 17.7 Å². The molecule has 0 spiro atoms. The van der Waals surface area contributed by atoms with E-state index in [1.165, 1.54) is 0 Å². The van der Waals surface area contributed by atoms with Gasteiger partial charge >= 0.3 is 9.76 Å². The van der Waals surface area contributed by atoms with Crippen LogP contribution in [0.4, 0.5) is 0 Å². The zero-order valence-electron chi connectivity index (χ0n) is 10.0. The quantitative estimate of drug-likeness (QED) is 0.837. The van der Waals surface area contributed by atoms with Gasteiger partial charge in [-0.25, -0.2) is 0 Å². The Morgan fingerprint density at radius 3 is 2.22 bits per heavy atom. The van der Waals surface area contributed by atoms with E-state index in [4.69, 9.17) is 9.16 Å². The van der Waals surface area contributed by atoms with Crippen LogP contribution in [0.25, 0.3) is 0 Å². The van der Waals surface area contributed by atoms with Gasteiger partial charge in [-0.3, -0.25) is 0 Å². The van der Waals surface area contributed by atoms with E-state index < -0.39 is 5.73 Å². The summed E-state index contributed by atoms with van der Waals surface area (Å²) in [6.45, 7) is 0. The van der Waals surface area contributed by atoms with Gasteiger partial charge in [-0.2, -0.15) is 0 Å². The molecule has 0 fully saturated rings. The van der Waals surface area contributed by atoms with Gasteiger partial charge in [-0.1, -0.05) is 42.5 Å². The molecule has 0 amide bonds. The molecule has 1 atom stereocenters. The molecule has 0 aliphatic heterocycles. The van der Waals surface area contributed by atoms with E-state index >= 15 is 0 Å². The molecule has 18 heavy (non-hydrogen) atoms. The van der Waals surface area contributed by atoms with Crippen molar-refractivity contribution in [3.63, 3.8) is 0 Å². The number of hydrogen-bond donors (Lipinski definition) is 1. The largest absolute Gasteiger partial charge is 0.535 e. The van der Waals surface area contributed by atoms with Crippen molar-refractivity contribution in [2.45, 2.75) is 5.73 Å². The van der Waals surface area contributed by atoms with Crippen LogP contribution >= 0.6 is 0 Å². The van der Waals surface area contributed by atoms with E-state index in [1.54, 1.807) is 7.11 Å². The van der Waals surface area contributed by atoms with Gasteiger partial charge in [0.25, 0.3) is 0 Å². The van der Waals surface area contributed by atoms with Gasteiger partial charge < -0.3 is 14.3 Å². The second kappa shape index (κ2) is 6.23. The van der Waals surface area contributed by atoms with Crippen molar-refractivity contribution in [1.82, 2.24) is 0 Å². The lowest BCUT2D eigenvalue weighted by atomic mass is 10.2. The molecule has 0 aliphatic rings. The molecule has 0 heterocycles. The molecule has 0 bridgehead atoms. The topological polar surface area (TPSA) is 38.7 Å². The van der Waals surface area contributed by atoms with Gasteiger partial charge in [-0.15, -0.1) is 0 Å². The van der Waals surface area contributed by atoms with Crippen LogP contribution in [0.3, 0.4) is 0 Å². The molecule has 0 aromatic heterocycles. The van der Waals surface area contributed by atoms with Gasteiger partial charge in [0, 0.05) is 0 Å². The minimum atomic E-state index is -0.615. The average molecular weight is 258 g/mol. The highest BCUT2D eigenvalue weighted by Crippen LogP contribution is 2.26. The molecule has 4 heteroatoms. The standard InChI is InChI=1S/C14H14O3Si/c1-16-12-9-5-6-10-13(12)17-18-14(15)11-7-3-2-4-8-11/h2-10,14-15H,1H3. The molecular formula is C14H14O3Si. The Morgan fingerprint density at radius 2 is 1.56 bits per heavy atom. The van der Waals surface area contributed by atoms with E-state index in [-0.39, 0.29) is 9.76 Å². The summed E-state index contributed by atoms with van der Waals surface area (Å²) in [6.07, 6.45) is 0. The van der Waals surface area contributed by atoms with Crippen LogP contribution in [-0.4, -0.2) is 22.0 Å². The third kappa shape index (κ3) is 3.12. The third-order valence-electron chi connectivity index (χ3n) is 2.46. The first-order valence-corrected chi connectivity index (χ1v) is 6.58. The smallest absolute Gasteiger partial charge is 0.347 e. The Hall–Kier alpha value is -1.78. The van der Waals surface area contributed by atoms with Crippen molar-refractivity contribution in [3.8, 4) is 11.5 Å². The number of para-hydroxylation sites is 2. The van der Waals surface area contributed by atoms with Gasteiger partial charge in [0.15, 0.2) is 5.75 Å². The first kappa shape index (κ1) is 12.7. The lowest BCUT2D eigenvalue weighted by molar-refractivity contribution is 0.243. The summed E-state index contributed by atoms with van der Waals surface area (Å²) in [7, 11) is 1.53. The molecule has 1 N–H and O–H groups in total. The maximum absolute atomic E-state index is 9.99. The predicted molar refractivity (Wildman–Crippen MR) is 70.8 cm³/mol. The fourth-order valence-electron chi connectivity index (χ4n) is 1.53. The van der Waals surface area contributed by atoms with Crippen molar-refractivity contribution in [2.75, 3.05) is 7.11 Å². The Kier molecular flexibility index (Phi) is 4.39. The second-order valence-electron chi connectivity index (χ2n) is 3.68. The number of ether oxygens (including phenoxy) is 1. The normalized spacial score (nSPS) is 11.9. The molecule has 1 unspecified atom stereocenters. The van der Waals surface area contributed by atoms with Crippen LogP contribution in [0.5, 0.6) is 11.5 Å². The Labute approximate surface area is 109 Å². The lowest BCUT2D eigenvalue weighted by Crippen LogP contribution is -2.14. The van der Waals surface area contributed by atoms with Crippen LogP contribution in [0.1, 0.15) is 11.3 Å². The lowest BCUT2D eigenvalue weighted by Gasteiger charge is -2.12. The number of methoxy groups -OCH3 is 1. The van der Waals surface area contributed by atoms with Crippen LogP contribution in [-0.2, 0) is 0 Å². The SMILES string of the molecule is COc1ccccc1O[Si]C(O)c1ccccc1. The number of aliphatic hydroxyl groups is 1. The van der Waals surface area contributed by atoms with Crippen molar-refractivity contribution in [3.05, 3.63) is 60.2 Å². The van der Waals surface area contributed by atoms with Gasteiger partial charge in [0.1, 0.15) is 11.5 Å². The van der Waals surface area contributed by atoms with Gasteiger partial charge in [0.2, 0.25) is 0 Å². The highest BCUT2D eigenvalue weighted by molar-refractivity contribution is 6.30. The molecule has 0 saturated carbocycles. The number of benzene rings is 2. The van der Waals surface area contributed by atoms with E-state index in [9.17, 15) is 5.11 Å². The highest BCUT2D eigenvalue weighted by atomic mass is 28.2. The van der Waals surface area contributed by atoms with Gasteiger partial charge in [0.05, 0.1) is 7.11 Å². The van der Waals surface area contributed by atoms with E-state index in [0.717, 1.165) is 5.56 Å². The summed E-state index contributed by atoms with van der Waals surface area (Å²) in [5.41, 5.74) is 0.238. The summed E-state index contributed by atoms with van der Waals surface area (Å²) in [5.74, 6) is 1.32. The number of aliphatic hydroxyl groups excluding tert-OH is 1. The Balaban J connectivity index is 1.99.